The molecule has 18 heavy (non-hydrogen) atoms. The van der Waals surface area contributed by atoms with E-state index >= 15 is 0 Å². The number of anilines is 1. The van der Waals surface area contributed by atoms with Crippen molar-refractivity contribution >= 4 is 29.1 Å². The molecule has 3 rings (SSSR count). The third kappa shape index (κ3) is 1.87. The molecule has 90 valence electrons. The van der Waals surface area contributed by atoms with Crippen molar-refractivity contribution in [3.05, 3.63) is 58.0 Å². The summed E-state index contributed by atoms with van der Waals surface area (Å²) in [6, 6.07) is 8.42. The number of aromatic nitrogens is 1. The maximum absolute atomic E-state index is 13.6. The smallest absolute Gasteiger partial charge is 0.130 e. The van der Waals surface area contributed by atoms with Crippen molar-refractivity contribution in [1.82, 2.24) is 4.98 Å². The highest BCUT2D eigenvalue weighted by molar-refractivity contribution is 6.31. The van der Waals surface area contributed by atoms with Gasteiger partial charge in [0.15, 0.2) is 0 Å². The zero-order chi connectivity index (χ0) is 12.7. The van der Waals surface area contributed by atoms with Crippen LogP contribution in [0.15, 0.2) is 30.3 Å². The molecular formula is C14H10ClFN2. The van der Waals surface area contributed by atoms with Gasteiger partial charge in [-0.2, -0.15) is 0 Å². The summed E-state index contributed by atoms with van der Waals surface area (Å²) in [6.45, 7) is 0. The summed E-state index contributed by atoms with van der Waals surface area (Å²) < 4.78 is 13.6. The molecular weight excluding hydrogens is 251 g/mol. The number of hydrogen-bond donors (Lipinski definition) is 1. The number of nitrogen functional groups attached to an aromatic ring is 1. The molecule has 0 fully saturated rings. The molecule has 1 aromatic heterocycles. The minimum atomic E-state index is -0.211. The molecule has 2 N–H and O–H groups in total. The number of halogens is 2. The van der Waals surface area contributed by atoms with Gasteiger partial charge in [0.1, 0.15) is 11.6 Å². The van der Waals surface area contributed by atoms with Crippen molar-refractivity contribution < 1.29 is 4.39 Å². The number of fused-ring (bicyclic) bond motifs is 1. The normalized spacial score (nSPS) is 13.3. The molecule has 1 aliphatic carbocycles. The van der Waals surface area contributed by atoms with Crippen LogP contribution in [0.25, 0.3) is 11.6 Å². The first kappa shape index (κ1) is 11.2. The van der Waals surface area contributed by atoms with Crippen molar-refractivity contribution in [2.75, 3.05) is 5.73 Å². The fourth-order valence-corrected chi connectivity index (χ4v) is 2.39. The fraction of sp³-hybridized carbons (Fsp3) is 0.0714. The molecule has 2 aromatic rings. The van der Waals surface area contributed by atoms with Crippen LogP contribution < -0.4 is 5.73 Å². The highest BCUT2D eigenvalue weighted by atomic mass is 35.5. The van der Waals surface area contributed by atoms with Crippen molar-refractivity contribution in [2.45, 2.75) is 6.42 Å². The Balaban J connectivity index is 2.07. The second kappa shape index (κ2) is 4.10. The molecule has 0 unspecified atom stereocenters. The first-order valence-electron chi connectivity index (χ1n) is 5.55. The third-order valence-electron chi connectivity index (χ3n) is 2.98. The Morgan fingerprint density at radius 1 is 1.28 bits per heavy atom. The highest BCUT2D eigenvalue weighted by Gasteiger charge is 2.18. The van der Waals surface area contributed by atoms with Crippen LogP contribution in [-0.2, 0) is 6.42 Å². The summed E-state index contributed by atoms with van der Waals surface area (Å²) in [6.07, 6.45) is 2.46. The lowest BCUT2D eigenvalue weighted by molar-refractivity contribution is 0.624. The van der Waals surface area contributed by atoms with Crippen LogP contribution >= 0.6 is 11.6 Å². The molecule has 0 saturated heterocycles. The lowest BCUT2D eigenvalue weighted by Gasteiger charge is -2.03. The average molecular weight is 261 g/mol. The van der Waals surface area contributed by atoms with Crippen LogP contribution in [0, 0.1) is 5.82 Å². The molecule has 1 heterocycles. The number of benzene rings is 1. The number of pyridine rings is 1. The Labute approximate surface area is 109 Å². The van der Waals surface area contributed by atoms with Gasteiger partial charge in [0.25, 0.3) is 0 Å². The minimum absolute atomic E-state index is 0.211. The number of hydrogen-bond acceptors (Lipinski definition) is 2. The van der Waals surface area contributed by atoms with Crippen LogP contribution in [0.3, 0.4) is 0 Å². The van der Waals surface area contributed by atoms with Crippen molar-refractivity contribution in [2.24, 2.45) is 0 Å². The van der Waals surface area contributed by atoms with Crippen molar-refractivity contribution in [3.8, 4) is 0 Å². The van der Waals surface area contributed by atoms with Crippen molar-refractivity contribution in [3.63, 3.8) is 0 Å². The highest BCUT2D eigenvalue weighted by Crippen LogP contribution is 2.33. The lowest BCUT2D eigenvalue weighted by Crippen LogP contribution is -1.95. The molecule has 0 saturated carbocycles. The van der Waals surface area contributed by atoms with Crippen LogP contribution in [0.5, 0.6) is 0 Å². The zero-order valence-corrected chi connectivity index (χ0v) is 10.2. The summed E-state index contributed by atoms with van der Waals surface area (Å²) in [5.74, 6) is 0.160. The van der Waals surface area contributed by atoms with E-state index in [0.29, 0.717) is 28.5 Å². The van der Waals surface area contributed by atoms with Crippen LogP contribution in [0.4, 0.5) is 10.2 Å². The number of allylic oxidation sites excluding steroid dienone is 1. The van der Waals surface area contributed by atoms with Crippen LogP contribution in [0.2, 0.25) is 5.02 Å². The van der Waals surface area contributed by atoms with Crippen LogP contribution in [-0.4, -0.2) is 4.98 Å². The first-order chi connectivity index (χ1) is 8.63. The van der Waals surface area contributed by atoms with E-state index in [1.807, 2.05) is 12.1 Å². The molecule has 0 bridgehead atoms. The second-order valence-corrected chi connectivity index (χ2v) is 4.69. The van der Waals surface area contributed by atoms with E-state index < -0.39 is 0 Å². The topological polar surface area (TPSA) is 38.9 Å². The maximum Gasteiger partial charge on any atom is 0.130 e. The van der Waals surface area contributed by atoms with Crippen molar-refractivity contribution in [1.29, 1.82) is 0 Å². The summed E-state index contributed by atoms with van der Waals surface area (Å²) in [5, 5.41) is 0.537. The summed E-state index contributed by atoms with van der Waals surface area (Å²) in [5.41, 5.74) is 8.90. The third-order valence-corrected chi connectivity index (χ3v) is 3.20. The molecule has 0 atom stereocenters. The minimum Gasteiger partial charge on any atom is -0.384 e. The van der Waals surface area contributed by atoms with Gasteiger partial charge in [0, 0.05) is 17.0 Å². The number of rotatable bonds is 1. The second-order valence-electron chi connectivity index (χ2n) is 4.25. The Bertz CT molecular complexity index is 645. The molecule has 2 nitrogen and oxygen atoms in total. The van der Waals surface area contributed by atoms with E-state index in [4.69, 9.17) is 17.3 Å². The largest absolute Gasteiger partial charge is 0.384 e. The fourth-order valence-electron chi connectivity index (χ4n) is 2.17. The van der Waals surface area contributed by atoms with Crippen LogP contribution in [0.1, 0.15) is 16.8 Å². The van der Waals surface area contributed by atoms with Gasteiger partial charge in [-0.3, -0.25) is 0 Å². The van der Waals surface area contributed by atoms with E-state index in [1.54, 1.807) is 18.2 Å². The molecule has 0 aliphatic heterocycles. The first-order valence-corrected chi connectivity index (χ1v) is 5.92. The predicted molar refractivity (Wildman–Crippen MR) is 71.6 cm³/mol. The molecule has 4 heteroatoms. The molecule has 0 spiro atoms. The summed E-state index contributed by atoms with van der Waals surface area (Å²) in [7, 11) is 0. The molecule has 1 aromatic carbocycles. The average Bonchev–Trinajstić information content (AvgIpc) is 2.73. The Morgan fingerprint density at radius 3 is 2.83 bits per heavy atom. The number of nitrogens with two attached hydrogens (primary N) is 1. The number of nitrogens with zero attached hydrogens (tertiary/aromatic N) is 1. The SMILES string of the molecule is Nc1cc(Cl)cc(C2=Cc3c(F)cccc3C2)n1. The standard InChI is InChI=1S/C14H10ClFN2/c15-10-6-13(18-14(17)7-10)9-4-8-2-1-3-12(16)11(8)5-9/h1-3,5-7H,4H2,(H2,17,18). The van der Waals surface area contributed by atoms with E-state index in [2.05, 4.69) is 4.98 Å². The predicted octanol–water partition coefficient (Wildman–Crippen LogP) is 3.55. The van der Waals surface area contributed by atoms with Gasteiger partial charge < -0.3 is 5.73 Å². The molecule has 1 aliphatic rings. The maximum atomic E-state index is 13.6. The van der Waals surface area contributed by atoms with Gasteiger partial charge in [0.2, 0.25) is 0 Å². The Morgan fingerprint density at radius 2 is 2.11 bits per heavy atom. The van der Waals surface area contributed by atoms with Gasteiger partial charge in [-0.25, -0.2) is 9.37 Å². The van der Waals surface area contributed by atoms with E-state index in [-0.39, 0.29) is 5.82 Å². The Hall–Kier alpha value is -1.87. The molecule has 0 amide bonds. The zero-order valence-electron chi connectivity index (χ0n) is 9.45. The van der Waals surface area contributed by atoms with Gasteiger partial charge in [-0.1, -0.05) is 23.7 Å². The van der Waals surface area contributed by atoms with Gasteiger partial charge in [-0.15, -0.1) is 0 Å². The van der Waals surface area contributed by atoms with E-state index in [9.17, 15) is 4.39 Å². The molecule has 0 radical (unpaired) electrons. The van der Waals surface area contributed by atoms with E-state index in [0.717, 1.165) is 11.1 Å². The summed E-state index contributed by atoms with van der Waals surface area (Å²) >= 11 is 5.95. The van der Waals surface area contributed by atoms with Gasteiger partial charge in [0.05, 0.1) is 5.69 Å². The Kier molecular flexibility index (Phi) is 2.56. The monoisotopic (exact) mass is 260 g/mol. The quantitative estimate of drug-likeness (QED) is 0.852. The van der Waals surface area contributed by atoms with Gasteiger partial charge in [-0.05, 0) is 35.4 Å². The van der Waals surface area contributed by atoms with Gasteiger partial charge >= 0.3 is 0 Å². The lowest BCUT2D eigenvalue weighted by atomic mass is 10.1. The summed E-state index contributed by atoms with van der Waals surface area (Å²) in [4.78, 5) is 4.23. The van der Waals surface area contributed by atoms with E-state index in [1.165, 1.54) is 6.07 Å².